The summed E-state index contributed by atoms with van der Waals surface area (Å²) in [6.07, 6.45) is 0.775. The third-order valence-electron chi connectivity index (χ3n) is 5.40. The molecule has 0 amide bonds. The fourth-order valence-corrected chi connectivity index (χ4v) is 3.86. The predicted molar refractivity (Wildman–Crippen MR) is 106 cm³/mol. The monoisotopic (exact) mass is 417 g/mol. The van der Waals surface area contributed by atoms with Crippen LogP contribution in [0.4, 0.5) is 13.2 Å². The second-order valence-corrected chi connectivity index (χ2v) is 7.67. The predicted octanol–water partition coefficient (Wildman–Crippen LogP) is 3.94. The first-order valence-corrected chi connectivity index (χ1v) is 9.78. The number of hydrogen-bond donors (Lipinski definition) is 1. The summed E-state index contributed by atoms with van der Waals surface area (Å²) in [7, 11) is 0. The van der Waals surface area contributed by atoms with Crippen molar-refractivity contribution in [1.29, 1.82) is 0 Å². The number of ketones is 1. The van der Waals surface area contributed by atoms with E-state index in [1.165, 1.54) is 18.2 Å². The van der Waals surface area contributed by atoms with Crippen molar-refractivity contribution in [1.82, 2.24) is 14.7 Å². The smallest absolute Gasteiger partial charge is 0.181 e. The number of nitrogens with one attached hydrogen (secondary N) is 1. The second-order valence-electron chi connectivity index (χ2n) is 7.67. The van der Waals surface area contributed by atoms with Gasteiger partial charge in [-0.25, -0.2) is 18.2 Å². The summed E-state index contributed by atoms with van der Waals surface area (Å²) in [6.45, 7) is 3.93. The number of imidazole rings is 1. The maximum absolute atomic E-state index is 13.9. The van der Waals surface area contributed by atoms with E-state index in [1.54, 1.807) is 23.6 Å². The van der Waals surface area contributed by atoms with Gasteiger partial charge in [-0.1, -0.05) is 6.07 Å². The summed E-state index contributed by atoms with van der Waals surface area (Å²) in [5, 5.41) is 2.95. The maximum Gasteiger partial charge on any atom is 0.181 e. The Labute approximate surface area is 171 Å². The molecule has 1 N–H and O–H groups in total. The van der Waals surface area contributed by atoms with E-state index < -0.39 is 17.8 Å². The number of Topliss-reactive ketones (excluding diaryl/α,β-unsaturated/α-hetero) is 1. The van der Waals surface area contributed by atoms with E-state index in [1.807, 2.05) is 6.92 Å². The third-order valence-corrected chi connectivity index (χ3v) is 5.40. The van der Waals surface area contributed by atoms with Crippen LogP contribution in [0.3, 0.4) is 0 Å². The molecule has 0 bridgehead atoms. The molecule has 1 saturated heterocycles. The Morgan fingerprint density at radius 2 is 2.00 bits per heavy atom. The van der Waals surface area contributed by atoms with Crippen molar-refractivity contribution in [3.63, 3.8) is 0 Å². The minimum atomic E-state index is -1.05. The van der Waals surface area contributed by atoms with Gasteiger partial charge in [0.05, 0.1) is 11.3 Å². The van der Waals surface area contributed by atoms with Gasteiger partial charge in [0.15, 0.2) is 17.2 Å². The number of hydrogen-bond acceptors (Lipinski definition) is 4. The van der Waals surface area contributed by atoms with Gasteiger partial charge in [0.1, 0.15) is 30.1 Å². The Morgan fingerprint density at radius 1 is 1.27 bits per heavy atom. The van der Waals surface area contributed by atoms with Crippen LogP contribution in [0.25, 0.3) is 5.65 Å². The molecule has 158 valence electrons. The molecule has 5 nitrogen and oxygen atoms in total. The highest BCUT2D eigenvalue weighted by molar-refractivity contribution is 5.97. The van der Waals surface area contributed by atoms with E-state index in [2.05, 4.69) is 10.3 Å². The van der Waals surface area contributed by atoms with Crippen molar-refractivity contribution in [2.45, 2.75) is 33.0 Å². The van der Waals surface area contributed by atoms with Crippen molar-refractivity contribution < 1.29 is 22.7 Å². The SMILES string of the molecule is Cc1cc(OCc2c(F)cccc2F)c2nc(C)c(C(=O)CC3CNCC3F)n2c1. The molecule has 0 aliphatic carbocycles. The van der Waals surface area contributed by atoms with Crippen LogP contribution >= 0.6 is 0 Å². The van der Waals surface area contributed by atoms with E-state index in [-0.39, 0.29) is 36.8 Å². The highest BCUT2D eigenvalue weighted by Gasteiger charge is 2.31. The molecule has 2 unspecified atom stereocenters. The Kier molecular flexibility index (Phi) is 5.51. The quantitative estimate of drug-likeness (QED) is 0.618. The number of nitrogens with zero attached hydrogens (tertiary/aromatic N) is 2. The number of rotatable bonds is 6. The second kappa shape index (κ2) is 8.10. The Hall–Kier alpha value is -2.87. The van der Waals surface area contributed by atoms with E-state index in [0.717, 1.165) is 5.56 Å². The summed E-state index contributed by atoms with van der Waals surface area (Å²) in [6, 6.07) is 5.32. The zero-order chi connectivity index (χ0) is 21.4. The largest absolute Gasteiger partial charge is 0.485 e. The lowest BCUT2D eigenvalue weighted by Gasteiger charge is -2.12. The summed E-state index contributed by atoms with van der Waals surface area (Å²) in [5.41, 5.74) is 1.84. The topological polar surface area (TPSA) is 55.6 Å². The zero-order valence-corrected chi connectivity index (χ0v) is 16.7. The van der Waals surface area contributed by atoms with Gasteiger partial charge in [-0.05, 0) is 37.6 Å². The molecular formula is C22H22F3N3O2. The van der Waals surface area contributed by atoms with E-state index in [9.17, 15) is 18.0 Å². The van der Waals surface area contributed by atoms with Crippen LogP contribution in [0.15, 0.2) is 30.5 Å². The van der Waals surface area contributed by atoms with E-state index in [4.69, 9.17) is 4.74 Å². The number of benzene rings is 1. The van der Waals surface area contributed by atoms with Crippen molar-refractivity contribution in [3.8, 4) is 5.75 Å². The highest BCUT2D eigenvalue weighted by atomic mass is 19.1. The first-order chi connectivity index (χ1) is 14.3. The molecule has 0 saturated carbocycles. The standard InChI is InChI=1S/C22H22F3N3O2/c1-12-6-20(30-11-15-16(23)4-3-5-17(15)24)22-27-13(2)21(28(22)10-12)19(29)7-14-8-26-9-18(14)25/h3-6,10,14,18,26H,7-9,11H2,1-2H3. The van der Waals surface area contributed by atoms with Crippen molar-refractivity contribution in [2.24, 2.45) is 5.92 Å². The molecule has 4 rings (SSSR count). The molecule has 0 spiro atoms. The maximum atomic E-state index is 13.9. The van der Waals surface area contributed by atoms with Crippen LogP contribution < -0.4 is 10.1 Å². The fraction of sp³-hybridized carbons (Fsp3) is 0.364. The molecule has 3 heterocycles. The Balaban J connectivity index is 1.66. The molecule has 1 aliphatic heterocycles. The van der Waals surface area contributed by atoms with Gasteiger partial charge in [0, 0.05) is 31.6 Å². The molecule has 2 atom stereocenters. The number of carbonyl (C=O) groups excluding carboxylic acids is 1. The van der Waals surface area contributed by atoms with E-state index in [0.29, 0.717) is 29.3 Å². The lowest BCUT2D eigenvalue weighted by atomic mass is 9.98. The molecule has 1 aliphatic rings. The third kappa shape index (κ3) is 3.79. The molecule has 8 heteroatoms. The van der Waals surface area contributed by atoms with Crippen molar-refractivity contribution in [3.05, 3.63) is 64.6 Å². The van der Waals surface area contributed by atoms with Crippen molar-refractivity contribution >= 4 is 11.4 Å². The number of aromatic nitrogens is 2. The van der Waals surface area contributed by atoms with Gasteiger partial charge >= 0.3 is 0 Å². The van der Waals surface area contributed by atoms with Gasteiger partial charge in [-0.2, -0.15) is 0 Å². The first-order valence-electron chi connectivity index (χ1n) is 9.78. The van der Waals surface area contributed by atoms with Crippen LogP contribution in [0, 0.1) is 31.4 Å². The molecule has 30 heavy (non-hydrogen) atoms. The molecule has 1 aromatic carbocycles. The number of fused-ring (bicyclic) bond motifs is 1. The molecule has 3 aromatic rings. The molecular weight excluding hydrogens is 395 g/mol. The van der Waals surface area contributed by atoms with Gasteiger partial charge in [0.25, 0.3) is 0 Å². The minimum Gasteiger partial charge on any atom is -0.485 e. The van der Waals surface area contributed by atoms with Gasteiger partial charge in [-0.15, -0.1) is 0 Å². The first kappa shape index (κ1) is 20.4. The molecule has 0 radical (unpaired) electrons. The van der Waals surface area contributed by atoms with Gasteiger partial charge < -0.3 is 10.1 Å². The number of carbonyl (C=O) groups is 1. The summed E-state index contributed by atoms with van der Waals surface area (Å²) >= 11 is 0. The van der Waals surface area contributed by atoms with Crippen molar-refractivity contribution in [2.75, 3.05) is 13.1 Å². The number of pyridine rings is 1. The average molecular weight is 417 g/mol. The van der Waals surface area contributed by atoms with Crippen LogP contribution in [-0.2, 0) is 6.61 Å². The van der Waals surface area contributed by atoms with Crippen LogP contribution in [0.5, 0.6) is 5.75 Å². The average Bonchev–Trinajstić information content (AvgIpc) is 3.23. The lowest BCUT2D eigenvalue weighted by Crippen LogP contribution is -2.19. The number of ether oxygens (including phenoxy) is 1. The van der Waals surface area contributed by atoms with Gasteiger partial charge in [0.2, 0.25) is 0 Å². The normalized spacial score (nSPS) is 18.8. The Morgan fingerprint density at radius 3 is 2.67 bits per heavy atom. The summed E-state index contributed by atoms with van der Waals surface area (Å²) in [4.78, 5) is 17.4. The summed E-state index contributed by atoms with van der Waals surface area (Å²) < 4.78 is 49.1. The van der Waals surface area contributed by atoms with Gasteiger partial charge in [-0.3, -0.25) is 9.20 Å². The highest BCUT2D eigenvalue weighted by Crippen LogP contribution is 2.28. The van der Waals surface area contributed by atoms with Crippen LogP contribution in [-0.4, -0.2) is 34.4 Å². The Bertz CT molecular complexity index is 1090. The number of alkyl halides is 1. The molecule has 2 aromatic heterocycles. The van der Waals surface area contributed by atoms with Crippen LogP contribution in [0.2, 0.25) is 0 Å². The zero-order valence-electron chi connectivity index (χ0n) is 16.7. The van der Waals surface area contributed by atoms with Crippen LogP contribution in [0.1, 0.15) is 33.7 Å². The number of halogens is 3. The number of aryl methyl sites for hydroxylation is 2. The lowest BCUT2D eigenvalue weighted by molar-refractivity contribution is 0.0939. The summed E-state index contributed by atoms with van der Waals surface area (Å²) in [5.74, 6) is -1.65. The van der Waals surface area contributed by atoms with E-state index >= 15 is 0 Å². The fourth-order valence-electron chi connectivity index (χ4n) is 3.86. The minimum absolute atomic E-state index is 0.0768. The molecule has 1 fully saturated rings.